The first-order valence-corrected chi connectivity index (χ1v) is 13.2. The molecule has 0 aromatic carbocycles. The summed E-state index contributed by atoms with van der Waals surface area (Å²) in [6.45, 7) is -0.675. The van der Waals surface area contributed by atoms with Crippen molar-refractivity contribution >= 4 is 40.9 Å². The number of nitrogen functional groups attached to an aromatic ring is 1. The van der Waals surface area contributed by atoms with Crippen LogP contribution in [0.3, 0.4) is 0 Å². The van der Waals surface area contributed by atoms with Crippen molar-refractivity contribution in [2.45, 2.75) is 36.3 Å². The molecule has 1 aliphatic rings. The van der Waals surface area contributed by atoms with Crippen LogP contribution in [0.1, 0.15) is 13.2 Å². The van der Waals surface area contributed by atoms with Crippen molar-refractivity contribution in [3.63, 3.8) is 0 Å². The summed E-state index contributed by atoms with van der Waals surface area (Å²) in [5.74, 6) is -2.02. The Morgan fingerprint density at radius 2 is 1.88 bits per heavy atom. The predicted molar refractivity (Wildman–Crippen MR) is 102 cm³/mol. The predicted octanol–water partition coefficient (Wildman–Crippen LogP) is -0.0982. The fraction of sp³-hybridized carbons (Fsp3) is 0.636. The van der Waals surface area contributed by atoms with Gasteiger partial charge >= 0.3 is 29.2 Å². The Hall–Kier alpha value is -0.840. The van der Waals surface area contributed by atoms with Crippen LogP contribution in [0.5, 0.6) is 0 Å². The normalized spacial score (nSPS) is 30.5. The van der Waals surface area contributed by atoms with Crippen molar-refractivity contribution in [1.29, 1.82) is 0 Å². The zero-order valence-electron chi connectivity index (χ0n) is 16.0. The van der Waals surface area contributed by atoms with Gasteiger partial charge in [0.15, 0.2) is 17.9 Å². The van der Waals surface area contributed by atoms with Crippen molar-refractivity contribution < 1.29 is 65.0 Å². The number of nitrogens with zero attached hydrogens (tertiary/aromatic N) is 2. The van der Waals surface area contributed by atoms with Gasteiger partial charge in [-0.2, -0.15) is 13.6 Å². The maximum Gasteiger partial charge on any atom is 0.490 e. The number of alkyl halides is 2. The smallest absolute Gasteiger partial charge is 0.388 e. The SMILES string of the molecule is C[C@H](OP(=O)(O)OP(=O)(O)OP(=O)(O)O)[C@H]1O[C@@H](n2cc(F)c(N)nc2=O)[C@@](Cl)(CF)C1O. The van der Waals surface area contributed by atoms with Crippen LogP contribution >= 0.6 is 35.1 Å². The average molecular weight is 566 g/mol. The van der Waals surface area contributed by atoms with Gasteiger partial charge in [-0.05, 0) is 6.92 Å². The molecule has 2 rings (SSSR count). The first kappa shape index (κ1) is 28.4. The van der Waals surface area contributed by atoms with E-state index in [4.69, 9.17) is 31.9 Å². The van der Waals surface area contributed by atoms with Gasteiger partial charge in [-0.1, -0.05) is 0 Å². The van der Waals surface area contributed by atoms with Crippen molar-refractivity contribution in [2.75, 3.05) is 12.4 Å². The van der Waals surface area contributed by atoms with Crippen molar-refractivity contribution in [3.05, 3.63) is 22.5 Å². The molecule has 16 nitrogen and oxygen atoms in total. The van der Waals surface area contributed by atoms with Gasteiger partial charge in [0.05, 0.1) is 12.3 Å². The maximum absolute atomic E-state index is 13.8. The lowest BCUT2D eigenvalue weighted by Gasteiger charge is -2.28. The quantitative estimate of drug-likeness (QED) is 0.169. The van der Waals surface area contributed by atoms with Gasteiger partial charge in [-0.25, -0.2) is 27.3 Å². The van der Waals surface area contributed by atoms with Gasteiger partial charge in [0.1, 0.15) is 23.8 Å². The van der Waals surface area contributed by atoms with Gasteiger partial charge in [0.2, 0.25) is 0 Å². The molecule has 1 saturated heterocycles. The highest BCUT2D eigenvalue weighted by molar-refractivity contribution is 7.66. The topological polar surface area (TPSA) is 250 Å². The van der Waals surface area contributed by atoms with E-state index in [1.54, 1.807) is 0 Å². The summed E-state index contributed by atoms with van der Waals surface area (Å²) in [4.78, 5) is 48.5. The highest BCUT2D eigenvalue weighted by Gasteiger charge is 2.59. The van der Waals surface area contributed by atoms with E-state index in [1.807, 2.05) is 0 Å². The van der Waals surface area contributed by atoms with Crippen LogP contribution in [-0.4, -0.2) is 64.1 Å². The number of aliphatic hydroxyl groups is 1. The summed E-state index contributed by atoms with van der Waals surface area (Å²) in [6, 6.07) is 0. The monoisotopic (exact) mass is 565 g/mol. The fourth-order valence-corrected chi connectivity index (χ4v) is 6.24. The van der Waals surface area contributed by atoms with E-state index in [-0.39, 0.29) is 0 Å². The second-order valence-corrected chi connectivity index (χ2v) is 11.6. The number of anilines is 1. The molecule has 2 heterocycles. The molecule has 0 amide bonds. The molecular weight excluding hydrogens is 549 g/mol. The minimum Gasteiger partial charge on any atom is -0.388 e. The van der Waals surface area contributed by atoms with Gasteiger partial charge < -0.3 is 35.2 Å². The van der Waals surface area contributed by atoms with E-state index in [2.05, 4.69) is 18.1 Å². The molecule has 7 atom stereocenters. The first-order chi connectivity index (χ1) is 14.8. The molecule has 0 spiro atoms. The Morgan fingerprint density at radius 3 is 2.39 bits per heavy atom. The molecule has 33 heavy (non-hydrogen) atoms. The molecule has 22 heteroatoms. The lowest BCUT2D eigenvalue weighted by Crippen LogP contribution is -2.47. The number of rotatable bonds is 9. The van der Waals surface area contributed by atoms with Crippen LogP contribution in [0.2, 0.25) is 0 Å². The van der Waals surface area contributed by atoms with Crippen LogP contribution in [0.15, 0.2) is 11.0 Å². The Bertz CT molecular complexity index is 1100. The van der Waals surface area contributed by atoms with Crippen molar-refractivity contribution in [1.82, 2.24) is 9.55 Å². The van der Waals surface area contributed by atoms with E-state index in [0.717, 1.165) is 6.92 Å². The Balaban J connectivity index is 2.29. The number of phosphoric acid groups is 3. The molecule has 0 saturated carbocycles. The number of nitrogens with two attached hydrogens (primary N) is 1. The van der Waals surface area contributed by atoms with Gasteiger partial charge in [0, 0.05) is 0 Å². The molecule has 0 aliphatic carbocycles. The molecule has 190 valence electrons. The fourth-order valence-electron chi connectivity index (χ4n) is 2.76. The standard InChI is InChI=1S/C11H17ClF2N3O13P3/c1-4(28-32(23,24)30-33(25,26)29-31(20,21)22)6-7(18)11(12,3-13)9(27-6)17-2-5(14)8(15)16-10(17)19/h2,4,6-7,9,18H,3H2,1H3,(H,23,24)(H,25,26)(H2,15,16,19)(H2,20,21,22)/t4-,6+,7?,9+,11+/m0/s1. The number of hydrogen-bond acceptors (Lipinski definition) is 11. The Morgan fingerprint density at radius 1 is 1.30 bits per heavy atom. The number of aliphatic hydroxyl groups excluding tert-OH is 1. The van der Waals surface area contributed by atoms with Crippen molar-refractivity contribution in [3.8, 4) is 0 Å². The van der Waals surface area contributed by atoms with Crippen LogP contribution in [0.4, 0.5) is 14.6 Å². The minimum atomic E-state index is -5.84. The highest BCUT2D eigenvalue weighted by atomic mass is 35.5. The number of hydrogen-bond donors (Lipinski definition) is 6. The Kier molecular flexibility index (Phi) is 8.32. The summed E-state index contributed by atoms with van der Waals surface area (Å²) in [6.07, 6.45) is -7.27. The number of aromatic nitrogens is 2. The number of ether oxygens (including phenoxy) is 1. The van der Waals surface area contributed by atoms with E-state index in [9.17, 15) is 42.2 Å². The highest BCUT2D eigenvalue weighted by Crippen LogP contribution is 2.66. The molecule has 1 fully saturated rings. The average Bonchev–Trinajstić information content (AvgIpc) is 2.87. The lowest BCUT2D eigenvalue weighted by molar-refractivity contribution is -0.0756. The summed E-state index contributed by atoms with van der Waals surface area (Å²) < 4.78 is 78.8. The molecule has 3 unspecified atom stereocenters. The van der Waals surface area contributed by atoms with Crippen molar-refractivity contribution in [2.24, 2.45) is 0 Å². The third-order valence-electron chi connectivity index (χ3n) is 4.07. The van der Waals surface area contributed by atoms with Crippen LogP contribution in [-0.2, 0) is 31.6 Å². The maximum atomic E-state index is 13.8. The second-order valence-electron chi connectivity index (χ2n) is 6.52. The molecule has 0 radical (unpaired) electrons. The van der Waals surface area contributed by atoms with Gasteiger partial charge in [-0.3, -0.25) is 9.09 Å². The number of halogens is 3. The summed E-state index contributed by atoms with van der Waals surface area (Å²) in [5, 5.41) is 10.4. The Labute approximate surface area is 187 Å². The molecule has 0 bridgehead atoms. The van der Waals surface area contributed by atoms with Crippen LogP contribution in [0, 0.1) is 5.82 Å². The van der Waals surface area contributed by atoms with Crippen LogP contribution in [0.25, 0.3) is 0 Å². The van der Waals surface area contributed by atoms with E-state index < -0.39 is 76.9 Å². The summed E-state index contributed by atoms with van der Waals surface area (Å²) >= 11 is 6.06. The third kappa shape index (κ3) is 6.64. The van der Waals surface area contributed by atoms with E-state index >= 15 is 0 Å². The number of phosphoric ester groups is 1. The molecule has 7 N–H and O–H groups in total. The van der Waals surface area contributed by atoms with Gasteiger partial charge in [-0.15, -0.1) is 11.6 Å². The van der Waals surface area contributed by atoms with E-state index in [0.29, 0.717) is 10.8 Å². The third-order valence-corrected chi connectivity index (χ3v) is 8.51. The minimum absolute atomic E-state index is 0.360. The van der Waals surface area contributed by atoms with Gasteiger partial charge in [0.25, 0.3) is 0 Å². The summed E-state index contributed by atoms with van der Waals surface area (Å²) in [7, 11) is -17.2. The van der Waals surface area contributed by atoms with E-state index in [1.165, 1.54) is 0 Å². The first-order valence-electron chi connectivity index (χ1n) is 8.26. The molecule has 1 aromatic rings. The molecule has 1 aromatic heterocycles. The largest absolute Gasteiger partial charge is 0.490 e. The molecular formula is C11H17ClF2N3O13P3. The molecule has 1 aliphatic heterocycles. The zero-order valence-corrected chi connectivity index (χ0v) is 19.5. The second kappa shape index (κ2) is 9.66. The lowest BCUT2D eigenvalue weighted by atomic mass is 9.97. The van der Waals surface area contributed by atoms with Crippen LogP contribution < -0.4 is 11.4 Å². The summed E-state index contributed by atoms with van der Waals surface area (Å²) in [5.41, 5.74) is 3.90. The zero-order chi connectivity index (χ0) is 25.6.